The number of anilines is 1. The van der Waals surface area contributed by atoms with Crippen molar-refractivity contribution in [3.05, 3.63) is 53.9 Å². The normalized spacial score (nSPS) is 11.1. The third-order valence-corrected chi connectivity index (χ3v) is 3.82. The predicted octanol–water partition coefficient (Wildman–Crippen LogP) is 3.89. The lowest BCUT2D eigenvalue weighted by atomic mass is 10.1. The van der Waals surface area contributed by atoms with Crippen LogP contribution in [0.2, 0.25) is 0 Å². The van der Waals surface area contributed by atoms with Crippen LogP contribution in [-0.2, 0) is 0 Å². The molecular formula is C17H17Cl2N7. The summed E-state index contributed by atoms with van der Waals surface area (Å²) < 4.78 is 0. The van der Waals surface area contributed by atoms with Crippen molar-refractivity contribution < 1.29 is 0 Å². The topological polar surface area (TPSA) is 91.7 Å². The van der Waals surface area contributed by atoms with Crippen molar-refractivity contribution in [2.75, 3.05) is 5.43 Å². The van der Waals surface area contributed by atoms with Crippen LogP contribution >= 0.6 is 24.8 Å². The Kier molecular flexibility index (Phi) is 6.07. The van der Waals surface area contributed by atoms with Gasteiger partial charge in [-0.25, -0.2) is 5.43 Å². The van der Waals surface area contributed by atoms with Crippen molar-refractivity contribution in [3.8, 4) is 0 Å². The van der Waals surface area contributed by atoms with Gasteiger partial charge in [0.1, 0.15) is 5.52 Å². The molecule has 7 nitrogen and oxygen atoms in total. The summed E-state index contributed by atoms with van der Waals surface area (Å²) in [6.45, 7) is 3.92. The molecule has 0 spiro atoms. The van der Waals surface area contributed by atoms with Crippen molar-refractivity contribution in [2.45, 2.75) is 13.8 Å². The van der Waals surface area contributed by atoms with Gasteiger partial charge < -0.3 is 4.98 Å². The second-order valence-corrected chi connectivity index (χ2v) is 5.48. The van der Waals surface area contributed by atoms with Crippen molar-refractivity contribution in [1.29, 1.82) is 0 Å². The Hall–Kier alpha value is -2.77. The van der Waals surface area contributed by atoms with E-state index in [1.54, 1.807) is 6.20 Å². The van der Waals surface area contributed by atoms with E-state index in [0.29, 0.717) is 11.6 Å². The van der Waals surface area contributed by atoms with Crippen LogP contribution in [0.15, 0.2) is 47.7 Å². The molecule has 0 bridgehead atoms. The lowest BCUT2D eigenvalue weighted by molar-refractivity contribution is 1.01. The number of rotatable bonds is 3. The van der Waals surface area contributed by atoms with Crippen LogP contribution < -0.4 is 5.43 Å². The number of nitrogens with one attached hydrogen (secondary N) is 2. The summed E-state index contributed by atoms with van der Waals surface area (Å²) >= 11 is 0. The van der Waals surface area contributed by atoms with E-state index in [1.165, 1.54) is 0 Å². The zero-order valence-corrected chi connectivity index (χ0v) is 15.7. The number of hydrazone groups is 1. The van der Waals surface area contributed by atoms with E-state index in [1.807, 2.05) is 50.2 Å². The summed E-state index contributed by atoms with van der Waals surface area (Å²) in [7, 11) is 0. The van der Waals surface area contributed by atoms with Gasteiger partial charge in [-0.2, -0.15) is 10.1 Å². The number of nitrogens with zero attached hydrogens (tertiary/aromatic N) is 5. The number of pyridine rings is 1. The van der Waals surface area contributed by atoms with Gasteiger partial charge in [0.25, 0.3) is 5.95 Å². The molecule has 134 valence electrons. The molecule has 0 aliphatic rings. The number of H-pyrrole nitrogens is 1. The molecule has 0 aliphatic heterocycles. The molecule has 0 fully saturated rings. The maximum atomic E-state index is 4.45. The average molecular weight is 390 g/mol. The first-order valence-corrected chi connectivity index (χ1v) is 7.56. The monoisotopic (exact) mass is 389 g/mol. The first kappa shape index (κ1) is 19.6. The van der Waals surface area contributed by atoms with Crippen LogP contribution in [0.4, 0.5) is 5.95 Å². The zero-order chi connectivity index (χ0) is 16.5. The molecule has 1 aromatic carbocycles. The number of hydrogen-bond donors (Lipinski definition) is 2. The average Bonchev–Trinajstić information content (AvgIpc) is 3.00. The predicted molar refractivity (Wildman–Crippen MR) is 108 cm³/mol. The Bertz CT molecular complexity index is 1060. The van der Waals surface area contributed by atoms with Crippen molar-refractivity contribution >= 4 is 58.5 Å². The minimum atomic E-state index is 0. The summed E-state index contributed by atoms with van der Waals surface area (Å²) in [6, 6.07) is 11.7. The second kappa shape index (κ2) is 8.07. The van der Waals surface area contributed by atoms with E-state index in [-0.39, 0.29) is 24.8 Å². The second-order valence-electron chi connectivity index (χ2n) is 5.48. The van der Waals surface area contributed by atoms with Gasteiger partial charge >= 0.3 is 0 Å². The van der Waals surface area contributed by atoms with E-state index in [9.17, 15) is 0 Å². The van der Waals surface area contributed by atoms with Gasteiger partial charge in [-0.05, 0) is 31.5 Å². The van der Waals surface area contributed by atoms with Crippen molar-refractivity contribution in [3.63, 3.8) is 0 Å². The standard InChI is InChI=1S/C17H15N7.2ClH/c1-10-6-5-7-12-14(10)19-16-15(12)22-24-17(20-16)23-21-11(2)13-8-3-4-9-18-13;;/h3-9H,1-2H3,(H2,19,20,23,24);2*1H. The summed E-state index contributed by atoms with van der Waals surface area (Å²) in [6.07, 6.45) is 1.73. The van der Waals surface area contributed by atoms with E-state index in [4.69, 9.17) is 0 Å². The van der Waals surface area contributed by atoms with Crippen molar-refractivity contribution in [2.24, 2.45) is 5.10 Å². The summed E-state index contributed by atoms with van der Waals surface area (Å²) in [5.74, 6) is 0.335. The van der Waals surface area contributed by atoms with Gasteiger partial charge in [0, 0.05) is 11.6 Å². The number of hydrogen-bond acceptors (Lipinski definition) is 6. The molecule has 0 radical (unpaired) electrons. The first-order valence-electron chi connectivity index (χ1n) is 7.56. The fourth-order valence-corrected chi connectivity index (χ4v) is 2.56. The Balaban J connectivity index is 0.00000121. The van der Waals surface area contributed by atoms with E-state index < -0.39 is 0 Å². The van der Waals surface area contributed by atoms with Crippen LogP contribution in [0.25, 0.3) is 22.1 Å². The van der Waals surface area contributed by atoms with Gasteiger partial charge in [-0.3, -0.25) is 4.98 Å². The van der Waals surface area contributed by atoms with Crippen LogP contribution in [0, 0.1) is 6.92 Å². The highest BCUT2D eigenvalue weighted by Crippen LogP contribution is 2.24. The highest BCUT2D eigenvalue weighted by Gasteiger charge is 2.10. The number of para-hydroxylation sites is 1. The molecule has 0 saturated heterocycles. The van der Waals surface area contributed by atoms with Crippen molar-refractivity contribution in [1.82, 2.24) is 25.1 Å². The SMILES string of the molecule is CC(=NNc1nnc2c(n1)[nH]c1c(C)cccc12)c1ccccn1.Cl.Cl. The van der Waals surface area contributed by atoms with Gasteiger partial charge in [-0.1, -0.05) is 24.3 Å². The lowest BCUT2D eigenvalue weighted by Crippen LogP contribution is -2.04. The number of fused-ring (bicyclic) bond motifs is 3. The third-order valence-electron chi connectivity index (χ3n) is 3.82. The number of halogens is 2. The lowest BCUT2D eigenvalue weighted by Gasteiger charge is -2.01. The minimum absolute atomic E-state index is 0. The Morgan fingerprint density at radius 2 is 1.92 bits per heavy atom. The van der Waals surface area contributed by atoms with Crippen LogP contribution in [0.5, 0.6) is 0 Å². The molecule has 0 aliphatic carbocycles. The molecule has 0 saturated carbocycles. The first-order chi connectivity index (χ1) is 11.7. The number of aromatic amines is 1. The molecule has 0 unspecified atom stereocenters. The molecule has 4 rings (SSSR count). The maximum absolute atomic E-state index is 4.45. The largest absolute Gasteiger partial charge is 0.337 e. The number of aromatic nitrogens is 5. The van der Waals surface area contributed by atoms with E-state index >= 15 is 0 Å². The van der Waals surface area contributed by atoms with Gasteiger partial charge in [0.05, 0.1) is 16.9 Å². The molecule has 4 aromatic rings. The Morgan fingerprint density at radius 1 is 1.08 bits per heavy atom. The highest BCUT2D eigenvalue weighted by molar-refractivity contribution is 6.04. The van der Waals surface area contributed by atoms with Crippen LogP contribution in [0.3, 0.4) is 0 Å². The summed E-state index contributed by atoms with van der Waals surface area (Å²) in [5, 5.41) is 13.7. The summed E-state index contributed by atoms with van der Waals surface area (Å²) in [5.41, 5.74) is 7.98. The number of aryl methyl sites for hydroxylation is 1. The fourth-order valence-electron chi connectivity index (χ4n) is 2.56. The fraction of sp³-hybridized carbons (Fsp3) is 0.118. The molecule has 0 amide bonds. The van der Waals surface area contributed by atoms with Gasteiger partial charge in [-0.15, -0.1) is 35.0 Å². The minimum Gasteiger partial charge on any atom is -0.337 e. The smallest absolute Gasteiger partial charge is 0.265 e. The highest BCUT2D eigenvalue weighted by atomic mass is 35.5. The van der Waals surface area contributed by atoms with E-state index in [2.05, 4.69) is 35.7 Å². The summed E-state index contributed by atoms with van der Waals surface area (Å²) in [4.78, 5) is 12.0. The van der Waals surface area contributed by atoms with Crippen LogP contribution in [-0.4, -0.2) is 30.9 Å². The zero-order valence-electron chi connectivity index (χ0n) is 14.1. The quantitative estimate of drug-likeness (QED) is 0.409. The van der Waals surface area contributed by atoms with Gasteiger partial charge in [0.15, 0.2) is 5.65 Å². The Labute approximate surface area is 162 Å². The number of benzene rings is 1. The molecule has 3 heterocycles. The molecule has 3 aromatic heterocycles. The Morgan fingerprint density at radius 3 is 2.69 bits per heavy atom. The molecule has 9 heteroatoms. The maximum Gasteiger partial charge on any atom is 0.265 e. The third kappa shape index (κ3) is 3.58. The molecule has 2 N–H and O–H groups in total. The van der Waals surface area contributed by atoms with Gasteiger partial charge in [0.2, 0.25) is 0 Å². The molecular weight excluding hydrogens is 373 g/mol. The molecule has 0 atom stereocenters. The van der Waals surface area contributed by atoms with Crippen LogP contribution in [0.1, 0.15) is 18.2 Å². The van der Waals surface area contributed by atoms with E-state index in [0.717, 1.165) is 33.4 Å². The molecule has 26 heavy (non-hydrogen) atoms.